The van der Waals surface area contributed by atoms with Gasteiger partial charge in [-0.1, -0.05) is 24.1 Å². The molecular weight excluding hydrogens is 421 g/mol. The first-order valence-electron chi connectivity index (χ1n) is 9.71. The SMILES string of the molecule is C=CC1(CC(=O)C(=O)c2c(C)c(C(=O)Nc3ccc(F)c(C#N)c3)n(C)c2Cl)CCC1. The van der Waals surface area contributed by atoms with E-state index in [1.807, 2.05) is 0 Å². The van der Waals surface area contributed by atoms with E-state index in [-0.39, 0.29) is 45.1 Å². The monoisotopic (exact) mass is 441 g/mol. The number of amides is 1. The second kappa shape index (κ2) is 8.48. The number of Topliss-reactive ketones (excluding diaryl/α,β-unsaturated/α-hetero) is 2. The van der Waals surface area contributed by atoms with Crippen molar-refractivity contribution in [3.05, 3.63) is 64.2 Å². The van der Waals surface area contributed by atoms with E-state index < -0.39 is 23.3 Å². The average molecular weight is 442 g/mol. The molecule has 0 radical (unpaired) electrons. The van der Waals surface area contributed by atoms with Gasteiger partial charge in [-0.25, -0.2) is 4.39 Å². The molecule has 1 aromatic carbocycles. The standard InChI is InChI=1S/C23H21ClFN3O3/c1-4-23(8-5-9-23)11-17(29)20(30)18-13(2)19(28(3)21(18)24)22(31)27-15-6-7-16(25)14(10-15)12-26/h4,6-7,10H,1,5,8-9,11H2,2-3H3,(H,27,31). The molecule has 1 heterocycles. The lowest BCUT2D eigenvalue weighted by atomic mass is 9.65. The summed E-state index contributed by atoms with van der Waals surface area (Å²) in [5, 5.41) is 11.5. The second-order valence-electron chi connectivity index (χ2n) is 7.81. The van der Waals surface area contributed by atoms with Crippen LogP contribution in [0.25, 0.3) is 0 Å². The van der Waals surface area contributed by atoms with Gasteiger partial charge in [-0.05, 0) is 48.9 Å². The summed E-state index contributed by atoms with van der Waals surface area (Å²) in [6.45, 7) is 5.32. The van der Waals surface area contributed by atoms with E-state index in [0.717, 1.165) is 25.3 Å². The molecule has 31 heavy (non-hydrogen) atoms. The van der Waals surface area contributed by atoms with E-state index >= 15 is 0 Å². The van der Waals surface area contributed by atoms with Crippen molar-refractivity contribution in [2.45, 2.75) is 32.6 Å². The smallest absolute Gasteiger partial charge is 0.272 e. The molecule has 1 fully saturated rings. The lowest BCUT2D eigenvalue weighted by Gasteiger charge is -2.38. The van der Waals surface area contributed by atoms with Crippen LogP contribution in [0.3, 0.4) is 0 Å². The van der Waals surface area contributed by atoms with Crippen LogP contribution >= 0.6 is 11.6 Å². The van der Waals surface area contributed by atoms with Gasteiger partial charge in [0, 0.05) is 19.2 Å². The Morgan fingerprint density at radius 2 is 2.06 bits per heavy atom. The summed E-state index contributed by atoms with van der Waals surface area (Å²) in [6.07, 6.45) is 4.41. The van der Waals surface area contributed by atoms with Gasteiger partial charge in [-0.15, -0.1) is 6.58 Å². The highest BCUT2D eigenvalue weighted by Gasteiger charge is 2.39. The molecule has 0 unspecified atom stereocenters. The number of aromatic nitrogens is 1. The average Bonchev–Trinajstić information content (AvgIpc) is 2.93. The Morgan fingerprint density at radius 1 is 1.39 bits per heavy atom. The van der Waals surface area contributed by atoms with Crippen molar-refractivity contribution in [2.24, 2.45) is 12.5 Å². The first-order valence-corrected chi connectivity index (χ1v) is 10.1. The number of anilines is 1. The highest BCUT2D eigenvalue weighted by Crippen LogP contribution is 2.45. The van der Waals surface area contributed by atoms with Crippen LogP contribution in [0.2, 0.25) is 5.15 Å². The number of benzene rings is 1. The van der Waals surface area contributed by atoms with Crippen LogP contribution < -0.4 is 5.32 Å². The molecule has 0 aliphatic heterocycles. The van der Waals surface area contributed by atoms with E-state index in [2.05, 4.69) is 11.9 Å². The molecule has 6 nitrogen and oxygen atoms in total. The maximum Gasteiger partial charge on any atom is 0.272 e. The fraction of sp³-hybridized carbons (Fsp3) is 0.304. The molecule has 1 aliphatic rings. The van der Waals surface area contributed by atoms with Gasteiger partial charge in [0.25, 0.3) is 5.91 Å². The van der Waals surface area contributed by atoms with Gasteiger partial charge in [0.1, 0.15) is 22.7 Å². The minimum Gasteiger partial charge on any atom is -0.330 e. The number of hydrogen-bond donors (Lipinski definition) is 1. The molecular formula is C23H21ClFN3O3. The highest BCUT2D eigenvalue weighted by atomic mass is 35.5. The fourth-order valence-corrected chi connectivity index (χ4v) is 4.19. The number of hydrogen-bond acceptors (Lipinski definition) is 4. The first kappa shape index (κ1) is 22.4. The summed E-state index contributed by atoms with van der Waals surface area (Å²) < 4.78 is 14.8. The summed E-state index contributed by atoms with van der Waals surface area (Å²) in [5.41, 5.74) is 0.00547. The van der Waals surface area contributed by atoms with Crippen molar-refractivity contribution in [1.82, 2.24) is 4.57 Å². The molecule has 3 rings (SSSR count). The summed E-state index contributed by atoms with van der Waals surface area (Å²) in [4.78, 5) is 38.4. The van der Waals surface area contributed by atoms with Gasteiger partial charge in [0.05, 0.1) is 11.1 Å². The van der Waals surface area contributed by atoms with Crippen molar-refractivity contribution in [1.29, 1.82) is 5.26 Å². The number of nitrogens with zero attached hydrogens (tertiary/aromatic N) is 2. The molecule has 2 aromatic rings. The minimum absolute atomic E-state index is 0.00493. The Balaban J connectivity index is 1.88. The van der Waals surface area contributed by atoms with Crippen LogP contribution in [0.5, 0.6) is 0 Å². The second-order valence-corrected chi connectivity index (χ2v) is 8.17. The number of halogens is 2. The van der Waals surface area contributed by atoms with Crippen LogP contribution in [0.1, 0.15) is 57.7 Å². The summed E-state index contributed by atoms with van der Waals surface area (Å²) >= 11 is 6.32. The van der Waals surface area contributed by atoms with Gasteiger partial charge in [0.2, 0.25) is 11.6 Å². The number of carbonyl (C=O) groups excluding carboxylic acids is 3. The predicted molar refractivity (Wildman–Crippen MR) is 115 cm³/mol. The van der Waals surface area contributed by atoms with Crippen LogP contribution in [0.4, 0.5) is 10.1 Å². The maximum atomic E-state index is 13.5. The molecule has 0 saturated heterocycles. The number of allylic oxidation sites excluding steroid dienone is 1. The lowest BCUT2D eigenvalue weighted by Crippen LogP contribution is -2.32. The molecule has 8 heteroatoms. The molecule has 0 atom stereocenters. The third-order valence-corrected chi connectivity index (χ3v) is 6.34. The van der Waals surface area contributed by atoms with Crippen LogP contribution in [0.15, 0.2) is 30.9 Å². The zero-order chi connectivity index (χ0) is 22.9. The Kier molecular flexibility index (Phi) is 6.14. The van der Waals surface area contributed by atoms with E-state index in [0.29, 0.717) is 0 Å². The van der Waals surface area contributed by atoms with E-state index in [1.54, 1.807) is 19.1 Å². The zero-order valence-electron chi connectivity index (χ0n) is 17.2. The third-order valence-electron chi connectivity index (χ3n) is 5.90. The van der Waals surface area contributed by atoms with Crippen LogP contribution in [0, 0.1) is 29.5 Å². The van der Waals surface area contributed by atoms with E-state index in [9.17, 15) is 18.8 Å². The van der Waals surface area contributed by atoms with Crippen molar-refractivity contribution < 1.29 is 18.8 Å². The van der Waals surface area contributed by atoms with Crippen LogP contribution in [-0.2, 0) is 11.8 Å². The number of nitrogens with one attached hydrogen (secondary N) is 1. The van der Waals surface area contributed by atoms with Crippen molar-refractivity contribution in [3.8, 4) is 6.07 Å². The van der Waals surface area contributed by atoms with E-state index in [4.69, 9.17) is 16.9 Å². The normalized spacial score (nSPS) is 14.3. The first-order chi connectivity index (χ1) is 14.6. The summed E-state index contributed by atoms with van der Waals surface area (Å²) in [7, 11) is 1.51. The largest absolute Gasteiger partial charge is 0.330 e. The Labute approximate surface area is 184 Å². The van der Waals surface area contributed by atoms with Gasteiger partial charge < -0.3 is 9.88 Å². The molecule has 160 valence electrons. The molecule has 1 N–H and O–H groups in total. The maximum absolute atomic E-state index is 13.5. The number of ketones is 2. The third kappa shape index (κ3) is 4.04. The minimum atomic E-state index is -0.737. The van der Waals surface area contributed by atoms with Gasteiger partial charge in [0.15, 0.2) is 0 Å². The van der Waals surface area contributed by atoms with Crippen molar-refractivity contribution >= 4 is 34.8 Å². The number of carbonyl (C=O) groups is 3. The highest BCUT2D eigenvalue weighted by molar-refractivity contribution is 6.48. The Hall–Kier alpha value is -3.24. The number of nitriles is 1. The van der Waals surface area contributed by atoms with Gasteiger partial charge >= 0.3 is 0 Å². The van der Waals surface area contributed by atoms with Gasteiger partial charge in [-0.2, -0.15) is 5.26 Å². The van der Waals surface area contributed by atoms with E-state index in [1.165, 1.54) is 23.7 Å². The molecule has 1 aliphatic carbocycles. The molecule has 1 saturated carbocycles. The zero-order valence-corrected chi connectivity index (χ0v) is 18.0. The number of rotatable bonds is 7. The molecule has 1 amide bonds. The molecule has 1 aromatic heterocycles. The van der Waals surface area contributed by atoms with Crippen molar-refractivity contribution in [2.75, 3.05) is 5.32 Å². The molecule has 0 bridgehead atoms. The van der Waals surface area contributed by atoms with Crippen LogP contribution in [-0.4, -0.2) is 22.0 Å². The topological polar surface area (TPSA) is 92.0 Å². The fourth-order valence-electron chi connectivity index (χ4n) is 3.88. The predicted octanol–water partition coefficient (Wildman–Crippen LogP) is 4.75. The summed E-state index contributed by atoms with van der Waals surface area (Å²) in [6, 6.07) is 5.30. The van der Waals surface area contributed by atoms with Crippen molar-refractivity contribution in [3.63, 3.8) is 0 Å². The quantitative estimate of drug-likeness (QED) is 0.381. The molecule has 0 spiro atoms. The van der Waals surface area contributed by atoms with Gasteiger partial charge in [-0.3, -0.25) is 14.4 Å². The lowest BCUT2D eigenvalue weighted by molar-refractivity contribution is -0.117. The Bertz CT molecular complexity index is 1160. The summed E-state index contributed by atoms with van der Waals surface area (Å²) in [5.74, 6) is -2.61. The Morgan fingerprint density at radius 3 is 2.61 bits per heavy atom.